The molecule has 1 atom stereocenters. The molecule has 1 aliphatic carbocycles. The molecule has 2 fully saturated rings. The first-order valence-electron chi connectivity index (χ1n) is 8.85. The van der Waals surface area contributed by atoms with E-state index in [9.17, 15) is 4.79 Å². The van der Waals surface area contributed by atoms with Crippen LogP contribution in [0.1, 0.15) is 53.5 Å². The molecule has 0 radical (unpaired) electrons. The molecule has 3 heterocycles. The Morgan fingerprint density at radius 3 is 2.92 bits per heavy atom. The molecule has 0 spiro atoms. The molecule has 2 aliphatic rings. The van der Waals surface area contributed by atoms with Crippen molar-refractivity contribution in [3.8, 4) is 0 Å². The number of Topliss-reactive ketones (excluding diaryl/α,β-unsaturated/α-hetero) is 1. The summed E-state index contributed by atoms with van der Waals surface area (Å²) in [5.41, 5.74) is 2.94. The van der Waals surface area contributed by atoms with Gasteiger partial charge in [0.15, 0.2) is 5.78 Å². The summed E-state index contributed by atoms with van der Waals surface area (Å²) < 4.78 is 9.80. The van der Waals surface area contributed by atoms with Gasteiger partial charge in [0.05, 0.1) is 17.9 Å². The summed E-state index contributed by atoms with van der Waals surface area (Å²) in [6.07, 6.45) is 4.74. The van der Waals surface area contributed by atoms with E-state index in [1.54, 1.807) is 0 Å². The lowest BCUT2D eigenvalue weighted by Gasteiger charge is -2.14. The Bertz CT molecular complexity index is 774. The number of ether oxygens (including phenoxy) is 1. The summed E-state index contributed by atoms with van der Waals surface area (Å²) in [5, 5.41) is 12.6. The minimum absolute atomic E-state index is 0.127. The van der Waals surface area contributed by atoms with Gasteiger partial charge in [-0.1, -0.05) is 11.8 Å². The third kappa shape index (κ3) is 3.50. The monoisotopic (exact) mass is 361 g/mol. The molecule has 2 aromatic heterocycles. The second-order valence-corrected chi connectivity index (χ2v) is 7.82. The van der Waals surface area contributed by atoms with Gasteiger partial charge in [-0.2, -0.15) is 0 Å². The van der Waals surface area contributed by atoms with Crippen LogP contribution in [0.15, 0.2) is 11.2 Å². The molecule has 1 aliphatic heterocycles. The maximum atomic E-state index is 12.7. The van der Waals surface area contributed by atoms with Crippen LogP contribution in [0.25, 0.3) is 0 Å². The predicted molar refractivity (Wildman–Crippen MR) is 94.0 cm³/mol. The molecular formula is C17H23N5O2S. The lowest BCUT2D eigenvalue weighted by molar-refractivity contribution is 0.0957. The number of nitrogens with zero attached hydrogens (tertiary/aromatic N) is 5. The van der Waals surface area contributed by atoms with E-state index in [0.29, 0.717) is 11.8 Å². The zero-order valence-corrected chi connectivity index (χ0v) is 15.5. The highest BCUT2D eigenvalue weighted by molar-refractivity contribution is 7.99. The maximum Gasteiger partial charge on any atom is 0.210 e. The van der Waals surface area contributed by atoms with Crippen molar-refractivity contribution < 1.29 is 9.53 Å². The molecule has 0 bridgehead atoms. The number of carbonyl (C=O) groups excluding carboxylic acids is 1. The fourth-order valence-electron chi connectivity index (χ4n) is 3.39. The Kier molecular flexibility index (Phi) is 4.64. The van der Waals surface area contributed by atoms with Crippen LogP contribution in [0.2, 0.25) is 0 Å². The summed E-state index contributed by atoms with van der Waals surface area (Å²) in [5.74, 6) is 0.485. The largest absolute Gasteiger partial charge is 0.376 e. The summed E-state index contributed by atoms with van der Waals surface area (Å²) in [7, 11) is 0. The molecule has 25 heavy (non-hydrogen) atoms. The van der Waals surface area contributed by atoms with Gasteiger partial charge < -0.3 is 9.30 Å². The standard InChI is InChI=1S/C17H23N5O2S/c1-11-8-15(12(2)21(11)9-14-4-3-7-24-14)16(23)10-25-17-18-19-20-22(17)13-5-6-13/h8,13-14H,3-7,9-10H2,1-2H3/t14-/m0/s1. The van der Waals surface area contributed by atoms with E-state index in [1.165, 1.54) is 11.8 Å². The maximum absolute atomic E-state index is 12.7. The zero-order valence-electron chi connectivity index (χ0n) is 14.6. The molecule has 0 N–H and O–H groups in total. The molecule has 1 saturated carbocycles. The average Bonchev–Trinajstić information content (AvgIpc) is 3.02. The van der Waals surface area contributed by atoms with Crippen molar-refractivity contribution in [2.75, 3.05) is 12.4 Å². The first-order valence-corrected chi connectivity index (χ1v) is 9.84. The third-order valence-electron chi connectivity index (χ3n) is 4.97. The number of hydrogen-bond acceptors (Lipinski definition) is 6. The molecular weight excluding hydrogens is 338 g/mol. The van der Waals surface area contributed by atoms with Gasteiger partial charge in [-0.3, -0.25) is 4.79 Å². The van der Waals surface area contributed by atoms with E-state index >= 15 is 0 Å². The van der Waals surface area contributed by atoms with Crippen molar-refractivity contribution in [3.63, 3.8) is 0 Å². The van der Waals surface area contributed by atoms with Crippen LogP contribution in [0, 0.1) is 13.8 Å². The number of thioether (sulfide) groups is 1. The molecule has 0 aromatic carbocycles. The van der Waals surface area contributed by atoms with Crippen molar-refractivity contribution in [1.82, 2.24) is 24.8 Å². The quantitative estimate of drug-likeness (QED) is 0.557. The summed E-state index contributed by atoms with van der Waals surface area (Å²) in [4.78, 5) is 12.7. The topological polar surface area (TPSA) is 74.8 Å². The Morgan fingerprint density at radius 2 is 2.20 bits per heavy atom. The van der Waals surface area contributed by atoms with Crippen molar-refractivity contribution in [2.24, 2.45) is 0 Å². The van der Waals surface area contributed by atoms with Gasteiger partial charge in [0.2, 0.25) is 5.16 Å². The molecule has 134 valence electrons. The number of carbonyl (C=O) groups is 1. The Morgan fingerprint density at radius 1 is 1.36 bits per heavy atom. The number of ketones is 1. The van der Waals surface area contributed by atoms with Crippen LogP contribution in [0.4, 0.5) is 0 Å². The lowest BCUT2D eigenvalue weighted by Crippen LogP contribution is -2.17. The summed E-state index contributed by atoms with van der Waals surface area (Å²) in [6.45, 7) is 5.76. The van der Waals surface area contributed by atoms with Gasteiger partial charge >= 0.3 is 0 Å². The van der Waals surface area contributed by atoms with Crippen LogP contribution in [-0.2, 0) is 11.3 Å². The van der Waals surface area contributed by atoms with E-state index in [0.717, 1.165) is 60.9 Å². The summed E-state index contributed by atoms with van der Waals surface area (Å²) >= 11 is 1.43. The van der Waals surface area contributed by atoms with E-state index in [4.69, 9.17) is 4.74 Å². The molecule has 7 nitrogen and oxygen atoms in total. The van der Waals surface area contributed by atoms with Gasteiger partial charge in [0.25, 0.3) is 0 Å². The molecule has 8 heteroatoms. The van der Waals surface area contributed by atoms with Gasteiger partial charge in [0.1, 0.15) is 0 Å². The first-order chi connectivity index (χ1) is 12.1. The van der Waals surface area contributed by atoms with Crippen molar-refractivity contribution in [3.05, 3.63) is 23.0 Å². The number of hydrogen-bond donors (Lipinski definition) is 0. The molecule has 0 amide bonds. The van der Waals surface area contributed by atoms with Crippen LogP contribution in [0.5, 0.6) is 0 Å². The molecule has 4 rings (SSSR count). The Labute approximate surface area is 151 Å². The smallest absolute Gasteiger partial charge is 0.210 e. The van der Waals surface area contributed by atoms with Gasteiger partial charge in [-0.15, -0.1) is 5.10 Å². The number of aryl methyl sites for hydroxylation is 1. The second kappa shape index (κ2) is 6.92. The third-order valence-corrected chi connectivity index (χ3v) is 5.91. The average molecular weight is 361 g/mol. The van der Waals surface area contributed by atoms with Gasteiger partial charge in [0, 0.05) is 30.1 Å². The van der Waals surface area contributed by atoms with Gasteiger partial charge in [-0.05, 0) is 56.0 Å². The van der Waals surface area contributed by atoms with E-state index in [1.807, 2.05) is 17.7 Å². The fraction of sp³-hybridized carbons (Fsp3) is 0.647. The highest BCUT2D eigenvalue weighted by Gasteiger charge is 2.28. The molecule has 1 saturated heterocycles. The van der Waals surface area contributed by atoms with Gasteiger partial charge in [-0.25, -0.2) is 4.68 Å². The zero-order chi connectivity index (χ0) is 17.4. The Hall–Kier alpha value is -1.67. The Balaban J connectivity index is 1.43. The van der Waals surface area contributed by atoms with E-state index in [-0.39, 0.29) is 11.9 Å². The summed E-state index contributed by atoms with van der Waals surface area (Å²) in [6, 6.07) is 2.42. The van der Waals surface area contributed by atoms with Crippen molar-refractivity contribution in [2.45, 2.75) is 63.4 Å². The van der Waals surface area contributed by atoms with Crippen LogP contribution in [0.3, 0.4) is 0 Å². The molecule has 2 aromatic rings. The second-order valence-electron chi connectivity index (χ2n) is 6.88. The first kappa shape index (κ1) is 16.8. The number of tetrazole rings is 1. The highest BCUT2D eigenvalue weighted by Crippen LogP contribution is 2.36. The predicted octanol–water partition coefficient (Wildman–Crippen LogP) is 2.58. The van der Waals surface area contributed by atoms with Crippen LogP contribution in [-0.4, -0.2) is 49.0 Å². The molecule has 0 unspecified atom stereocenters. The van der Waals surface area contributed by atoms with E-state index in [2.05, 4.69) is 27.0 Å². The minimum Gasteiger partial charge on any atom is -0.376 e. The van der Waals surface area contributed by atoms with Crippen LogP contribution < -0.4 is 0 Å². The lowest BCUT2D eigenvalue weighted by atomic mass is 10.2. The van der Waals surface area contributed by atoms with Crippen molar-refractivity contribution >= 4 is 17.5 Å². The number of rotatable bonds is 7. The van der Waals surface area contributed by atoms with Crippen molar-refractivity contribution in [1.29, 1.82) is 0 Å². The van der Waals surface area contributed by atoms with E-state index < -0.39 is 0 Å². The minimum atomic E-state index is 0.127. The SMILES string of the molecule is Cc1cc(C(=O)CSc2nnnn2C2CC2)c(C)n1C[C@@H]1CCCO1. The number of aromatic nitrogens is 5. The van der Waals surface area contributed by atoms with Crippen LogP contribution >= 0.6 is 11.8 Å². The fourth-order valence-corrected chi connectivity index (χ4v) is 4.22. The normalized spacial score (nSPS) is 20.3. The highest BCUT2D eigenvalue weighted by atomic mass is 32.2.